The molecule has 0 atom stereocenters. The molecule has 1 aromatic heterocycles. The van der Waals surface area contributed by atoms with E-state index in [2.05, 4.69) is 55.2 Å². The molecule has 32 heavy (non-hydrogen) atoms. The Balaban J connectivity index is 1.60. The van der Waals surface area contributed by atoms with E-state index >= 15 is 0 Å². The van der Waals surface area contributed by atoms with E-state index in [-0.39, 0.29) is 0 Å². The van der Waals surface area contributed by atoms with Gasteiger partial charge in [-0.25, -0.2) is 4.98 Å². The Kier molecular flexibility index (Phi) is 9.94. The van der Waals surface area contributed by atoms with Gasteiger partial charge in [-0.1, -0.05) is 107 Å². The minimum atomic E-state index is -0.404. The minimum absolute atomic E-state index is 0.404. The zero-order valence-corrected chi connectivity index (χ0v) is 19.9. The average molecular weight is 432 g/mol. The summed E-state index contributed by atoms with van der Waals surface area (Å²) in [6.07, 6.45) is 13.7. The van der Waals surface area contributed by atoms with Gasteiger partial charge in [-0.15, -0.1) is 0 Å². The molecule has 0 N–H and O–H groups in total. The van der Waals surface area contributed by atoms with Gasteiger partial charge in [-0.2, -0.15) is 4.39 Å². The topological polar surface area (TPSA) is 12.9 Å². The van der Waals surface area contributed by atoms with Gasteiger partial charge in [0, 0.05) is 11.1 Å². The predicted molar refractivity (Wildman–Crippen MR) is 135 cm³/mol. The number of aryl methyl sites for hydroxylation is 2. The smallest absolute Gasteiger partial charge is 0.219 e. The molecule has 2 heteroatoms. The average Bonchev–Trinajstić information content (AvgIpc) is 2.83. The second kappa shape index (κ2) is 13.2. The number of pyridine rings is 1. The summed E-state index contributed by atoms with van der Waals surface area (Å²) in [5, 5.41) is 0. The minimum Gasteiger partial charge on any atom is -0.219 e. The van der Waals surface area contributed by atoms with E-state index in [9.17, 15) is 4.39 Å². The second-order valence-corrected chi connectivity index (χ2v) is 8.90. The maximum Gasteiger partial charge on any atom is 0.221 e. The first-order valence-electron chi connectivity index (χ1n) is 12.6. The molecule has 0 aliphatic rings. The van der Waals surface area contributed by atoms with Gasteiger partial charge in [0.15, 0.2) is 0 Å². The lowest BCUT2D eigenvalue weighted by Gasteiger charge is -2.08. The van der Waals surface area contributed by atoms with Crippen molar-refractivity contribution in [3.63, 3.8) is 0 Å². The number of benzene rings is 2. The molecule has 3 aromatic rings. The summed E-state index contributed by atoms with van der Waals surface area (Å²) in [5.41, 5.74) is 5.77. The van der Waals surface area contributed by atoms with E-state index in [0.717, 1.165) is 24.0 Å². The predicted octanol–water partition coefficient (Wildman–Crippen LogP) is 9.19. The first-order valence-corrected chi connectivity index (χ1v) is 12.6. The molecule has 0 aliphatic heterocycles. The SMILES string of the molecule is CCCCCCCc1ccc(-c2ccc(-c3ccc(CCCCCC)cc3)nc2F)cc1. The lowest BCUT2D eigenvalue weighted by molar-refractivity contribution is 0.589. The molecular weight excluding hydrogens is 393 g/mol. The number of hydrogen-bond donors (Lipinski definition) is 0. The highest BCUT2D eigenvalue weighted by Gasteiger charge is 2.09. The van der Waals surface area contributed by atoms with E-state index in [1.54, 1.807) is 0 Å². The lowest BCUT2D eigenvalue weighted by Crippen LogP contribution is -1.93. The highest BCUT2D eigenvalue weighted by atomic mass is 19.1. The molecule has 1 heterocycles. The molecule has 0 unspecified atom stereocenters. The standard InChI is InChI=1S/C30H38FN/c1-3-5-7-9-11-13-24-14-18-26(19-15-24)28-22-23-29(32-30(28)31)27-20-16-25(17-21-27)12-10-8-6-4-2/h14-23H,3-13H2,1-2H3. The summed E-state index contributed by atoms with van der Waals surface area (Å²) >= 11 is 0. The summed E-state index contributed by atoms with van der Waals surface area (Å²) in [6, 6.07) is 20.5. The largest absolute Gasteiger partial charge is 0.221 e. The van der Waals surface area contributed by atoms with Gasteiger partial charge in [0.05, 0.1) is 5.69 Å². The highest BCUT2D eigenvalue weighted by molar-refractivity contribution is 5.67. The molecule has 1 nitrogen and oxygen atoms in total. The Morgan fingerprint density at radius 3 is 1.59 bits per heavy atom. The van der Waals surface area contributed by atoms with E-state index in [1.807, 2.05) is 24.3 Å². The number of nitrogens with zero attached hydrogens (tertiary/aromatic N) is 1. The fourth-order valence-electron chi connectivity index (χ4n) is 4.19. The molecule has 0 aliphatic carbocycles. The maximum absolute atomic E-state index is 14.9. The third-order valence-electron chi connectivity index (χ3n) is 6.25. The van der Waals surface area contributed by atoms with Crippen molar-refractivity contribution in [3.05, 3.63) is 77.7 Å². The highest BCUT2D eigenvalue weighted by Crippen LogP contribution is 2.26. The zero-order valence-electron chi connectivity index (χ0n) is 19.9. The molecule has 0 fully saturated rings. The summed E-state index contributed by atoms with van der Waals surface area (Å²) in [5.74, 6) is -0.404. The number of rotatable bonds is 13. The Labute approximate surface area is 194 Å². The number of aromatic nitrogens is 1. The molecule has 0 bridgehead atoms. The summed E-state index contributed by atoms with van der Waals surface area (Å²) in [4.78, 5) is 4.27. The third kappa shape index (κ3) is 7.29. The van der Waals surface area contributed by atoms with Gasteiger partial charge >= 0.3 is 0 Å². The van der Waals surface area contributed by atoms with Crippen molar-refractivity contribution < 1.29 is 4.39 Å². The monoisotopic (exact) mass is 431 g/mol. The fourth-order valence-corrected chi connectivity index (χ4v) is 4.19. The van der Waals surface area contributed by atoms with Crippen LogP contribution in [0.15, 0.2) is 60.7 Å². The molecule has 3 rings (SSSR count). The van der Waals surface area contributed by atoms with E-state index in [4.69, 9.17) is 0 Å². The van der Waals surface area contributed by atoms with Crippen molar-refractivity contribution in [2.75, 3.05) is 0 Å². The van der Waals surface area contributed by atoms with E-state index in [1.165, 1.54) is 68.9 Å². The molecule has 0 saturated heterocycles. The Morgan fingerprint density at radius 1 is 0.562 bits per heavy atom. The van der Waals surface area contributed by atoms with Crippen LogP contribution in [-0.2, 0) is 12.8 Å². The molecular formula is C30H38FN. The van der Waals surface area contributed by atoms with Crippen LogP contribution in [0.4, 0.5) is 4.39 Å². The van der Waals surface area contributed by atoms with Crippen LogP contribution in [0.25, 0.3) is 22.4 Å². The van der Waals surface area contributed by atoms with Gasteiger partial charge in [0.1, 0.15) is 0 Å². The second-order valence-electron chi connectivity index (χ2n) is 8.90. The van der Waals surface area contributed by atoms with Crippen LogP contribution in [-0.4, -0.2) is 4.98 Å². The lowest BCUT2D eigenvalue weighted by atomic mass is 10.0. The Morgan fingerprint density at radius 2 is 1.06 bits per heavy atom. The quantitative estimate of drug-likeness (QED) is 0.194. The van der Waals surface area contributed by atoms with Crippen molar-refractivity contribution >= 4 is 0 Å². The van der Waals surface area contributed by atoms with Gasteiger partial charge in [0.25, 0.3) is 0 Å². The van der Waals surface area contributed by atoms with Crippen LogP contribution in [0.3, 0.4) is 0 Å². The van der Waals surface area contributed by atoms with E-state index in [0.29, 0.717) is 11.3 Å². The van der Waals surface area contributed by atoms with Crippen molar-refractivity contribution in [2.24, 2.45) is 0 Å². The first kappa shape index (κ1) is 24.2. The molecule has 170 valence electrons. The summed E-state index contributed by atoms with van der Waals surface area (Å²) in [6.45, 7) is 4.48. The van der Waals surface area contributed by atoms with Crippen molar-refractivity contribution in [3.8, 4) is 22.4 Å². The van der Waals surface area contributed by atoms with Crippen LogP contribution >= 0.6 is 0 Å². The van der Waals surface area contributed by atoms with Crippen LogP contribution < -0.4 is 0 Å². The van der Waals surface area contributed by atoms with Gasteiger partial charge in [-0.3, -0.25) is 0 Å². The van der Waals surface area contributed by atoms with Crippen molar-refractivity contribution in [2.45, 2.75) is 84.5 Å². The molecule has 0 amide bonds. The van der Waals surface area contributed by atoms with Crippen molar-refractivity contribution in [1.82, 2.24) is 4.98 Å². The van der Waals surface area contributed by atoms with Gasteiger partial charge < -0.3 is 0 Å². The molecule has 2 aromatic carbocycles. The van der Waals surface area contributed by atoms with Gasteiger partial charge in [-0.05, 0) is 54.5 Å². The Bertz CT molecular complexity index is 928. The number of unbranched alkanes of at least 4 members (excludes halogenated alkanes) is 7. The number of halogens is 1. The fraction of sp³-hybridized carbons (Fsp3) is 0.433. The first-order chi connectivity index (χ1) is 15.7. The molecule has 0 radical (unpaired) electrons. The normalized spacial score (nSPS) is 11.1. The van der Waals surface area contributed by atoms with Crippen LogP contribution in [0.5, 0.6) is 0 Å². The zero-order chi connectivity index (χ0) is 22.6. The molecule has 0 saturated carbocycles. The third-order valence-corrected chi connectivity index (χ3v) is 6.25. The van der Waals surface area contributed by atoms with E-state index < -0.39 is 5.95 Å². The van der Waals surface area contributed by atoms with Crippen molar-refractivity contribution in [1.29, 1.82) is 0 Å². The molecule has 0 spiro atoms. The van der Waals surface area contributed by atoms with Crippen LogP contribution in [0.1, 0.15) is 82.8 Å². The summed E-state index contributed by atoms with van der Waals surface area (Å²) in [7, 11) is 0. The summed E-state index contributed by atoms with van der Waals surface area (Å²) < 4.78 is 14.9. The van der Waals surface area contributed by atoms with Crippen LogP contribution in [0, 0.1) is 5.95 Å². The van der Waals surface area contributed by atoms with Gasteiger partial charge in [0.2, 0.25) is 5.95 Å². The van der Waals surface area contributed by atoms with Crippen LogP contribution in [0.2, 0.25) is 0 Å². The maximum atomic E-state index is 14.9. The number of hydrogen-bond acceptors (Lipinski definition) is 1. The Hall–Kier alpha value is -2.48.